The second kappa shape index (κ2) is 8.13. The van der Waals surface area contributed by atoms with E-state index in [1.807, 2.05) is 19.3 Å². The topological polar surface area (TPSA) is 98.7 Å². The van der Waals surface area contributed by atoms with Crippen LogP contribution in [0.15, 0.2) is 28.1 Å². The third-order valence-corrected chi connectivity index (χ3v) is 7.94. The van der Waals surface area contributed by atoms with Crippen molar-refractivity contribution in [3.05, 3.63) is 23.1 Å². The van der Waals surface area contributed by atoms with Crippen LogP contribution < -0.4 is 5.32 Å². The fraction of sp³-hybridized carbons (Fsp3) is 0.708. The second-order valence-corrected chi connectivity index (χ2v) is 10.1. The summed E-state index contributed by atoms with van der Waals surface area (Å²) < 4.78 is 17.7. The van der Waals surface area contributed by atoms with Gasteiger partial charge in [-0.1, -0.05) is 6.92 Å². The number of alkyl carbamates (subject to hydrolysis) is 1. The highest BCUT2D eigenvalue weighted by molar-refractivity contribution is 5.90. The Labute approximate surface area is 194 Å². The van der Waals surface area contributed by atoms with Crippen molar-refractivity contribution in [1.82, 2.24) is 10.4 Å². The zero-order valence-corrected chi connectivity index (χ0v) is 19.8. The van der Waals surface area contributed by atoms with Crippen molar-refractivity contribution < 1.29 is 28.6 Å². The molecule has 0 radical (unpaired) electrons. The number of aliphatic imine (C=N–C) groups is 1. The van der Waals surface area contributed by atoms with Gasteiger partial charge in [-0.25, -0.2) is 9.86 Å². The molecule has 9 heteroatoms. The Hall–Kier alpha value is -2.39. The van der Waals surface area contributed by atoms with E-state index in [4.69, 9.17) is 19.0 Å². The minimum atomic E-state index is -1.50. The first-order valence-corrected chi connectivity index (χ1v) is 11.8. The number of rotatable bonds is 4. The summed E-state index contributed by atoms with van der Waals surface area (Å²) in [5, 5.41) is 3.87. The third-order valence-electron chi connectivity index (χ3n) is 7.94. The summed E-state index contributed by atoms with van der Waals surface area (Å²) in [5.41, 5.74) is 0.872. The zero-order valence-electron chi connectivity index (χ0n) is 19.8. The summed E-state index contributed by atoms with van der Waals surface area (Å²) in [6.07, 6.45) is 8.52. The van der Waals surface area contributed by atoms with Crippen molar-refractivity contribution in [2.75, 3.05) is 14.2 Å². The van der Waals surface area contributed by atoms with E-state index in [0.717, 1.165) is 37.0 Å². The van der Waals surface area contributed by atoms with Gasteiger partial charge in [0.05, 0.1) is 13.2 Å². The molecule has 3 aliphatic heterocycles. The van der Waals surface area contributed by atoms with Crippen molar-refractivity contribution in [1.29, 1.82) is 0 Å². The normalized spacial score (nSPS) is 39.5. The van der Waals surface area contributed by atoms with Crippen molar-refractivity contribution in [2.45, 2.75) is 82.8 Å². The number of ether oxygens (including phenoxy) is 3. The van der Waals surface area contributed by atoms with Gasteiger partial charge in [0.25, 0.3) is 5.91 Å². The third kappa shape index (κ3) is 3.47. The van der Waals surface area contributed by atoms with Crippen LogP contribution in [0.25, 0.3) is 0 Å². The fourth-order valence-corrected chi connectivity index (χ4v) is 6.56. The molecule has 5 rings (SSSR count). The number of hydrogen-bond acceptors (Lipinski definition) is 7. The molecule has 0 aromatic rings. The van der Waals surface area contributed by atoms with Gasteiger partial charge in [0.2, 0.25) is 5.72 Å². The highest BCUT2D eigenvalue weighted by Gasteiger charge is 2.56. The Morgan fingerprint density at radius 3 is 2.79 bits per heavy atom. The minimum absolute atomic E-state index is 0.0117. The van der Waals surface area contributed by atoms with Gasteiger partial charge in [-0.15, -0.1) is 0 Å². The Kier molecular flexibility index (Phi) is 5.52. The molecule has 3 heterocycles. The molecular weight excluding hydrogens is 426 g/mol. The van der Waals surface area contributed by atoms with Gasteiger partial charge in [0, 0.05) is 49.8 Å². The van der Waals surface area contributed by atoms with Crippen LogP contribution in [0, 0.1) is 11.3 Å². The predicted molar refractivity (Wildman–Crippen MR) is 119 cm³/mol. The Morgan fingerprint density at radius 2 is 2.06 bits per heavy atom. The van der Waals surface area contributed by atoms with Gasteiger partial charge in [0.15, 0.2) is 0 Å². The number of hydroxylamine groups is 2. The molecular formula is C24H33N3O6. The molecule has 1 saturated heterocycles. The lowest BCUT2D eigenvalue weighted by atomic mass is 9.61. The molecule has 4 unspecified atom stereocenters. The average Bonchev–Trinajstić information content (AvgIpc) is 3.13. The standard InChI is InChI=1S/C24H33N3O6/c1-14-5-6-19-23(11-14)7-8-25-13-16-9-17(10-18(33-19)20(16)23)32-22(29)26-24(30-3)12-15(2)27(31-4)21(24)28/h8,13-15,17,19H,5-7,9-12H2,1-4H3,(H,26,29)/t14?,15?,17-,19-,23?,24?/m1/s1. The average molecular weight is 460 g/mol. The lowest BCUT2D eigenvalue weighted by molar-refractivity contribution is -0.187. The Morgan fingerprint density at radius 1 is 1.24 bits per heavy atom. The molecule has 9 nitrogen and oxygen atoms in total. The summed E-state index contributed by atoms with van der Waals surface area (Å²) >= 11 is 0. The van der Waals surface area contributed by atoms with Crippen LogP contribution in [0.3, 0.4) is 0 Å². The van der Waals surface area contributed by atoms with Gasteiger partial charge in [-0.3, -0.25) is 19.9 Å². The molecule has 2 amide bonds. The number of nitrogens with one attached hydrogen (secondary N) is 1. The van der Waals surface area contributed by atoms with E-state index in [1.54, 1.807) is 0 Å². The van der Waals surface area contributed by atoms with Crippen molar-refractivity contribution >= 4 is 18.2 Å². The maximum Gasteiger partial charge on any atom is 0.410 e. The van der Waals surface area contributed by atoms with Crippen LogP contribution in [0.1, 0.15) is 58.8 Å². The van der Waals surface area contributed by atoms with E-state index in [2.05, 4.69) is 17.2 Å². The molecule has 2 fully saturated rings. The highest BCUT2D eigenvalue weighted by atomic mass is 16.7. The quantitative estimate of drug-likeness (QED) is 0.648. The minimum Gasteiger partial charge on any atom is -0.493 e. The van der Waals surface area contributed by atoms with Gasteiger partial charge in [-0.2, -0.15) is 0 Å². The number of carbonyl (C=O) groups excluding carboxylic acids is 2. The Balaban J connectivity index is 1.33. The smallest absolute Gasteiger partial charge is 0.410 e. The first kappa shape index (κ1) is 22.4. The van der Waals surface area contributed by atoms with Crippen molar-refractivity contribution in [3.63, 3.8) is 0 Å². The molecule has 0 bridgehead atoms. The maximum absolute atomic E-state index is 12.9. The summed E-state index contributed by atoms with van der Waals surface area (Å²) in [7, 11) is 2.81. The Bertz CT molecular complexity index is 944. The summed E-state index contributed by atoms with van der Waals surface area (Å²) in [6.45, 7) is 4.15. The van der Waals surface area contributed by atoms with Crippen LogP contribution >= 0.6 is 0 Å². The number of nitrogens with zero attached hydrogens (tertiary/aromatic N) is 2. The lowest BCUT2D eigenvalue weighted by Crippen LogP contribution is -2.56. The van der Waals surface area contributed by atoms with E-state index in [0.29, 0.717) is 18.8 Å². The molecule has 180 valence electrons. The van der Waals surface area contributed by atoms with Crippen LogP contribution in [0.2, 0.25) is 0 Å². The van der Waals surface area contributed by atoms with Crippen LogP contribution in [0.4, 0.5) is 4.79 Å². The molecule has 0 aromatic heterocycles. The van der Waals surface area contributed by atoms with E-state index in [9.17, 15) is 9.59 Å². The molecule has 1 N–H and O–H groups in total. The van der Waals surface area contributed by atoms with E-state index in [1.165, 1.54) is 24.9 Å². The maximum atomic E-state index is 12.9. The number of methoxy groups -OCH3 is 1. The van der Waals surface area contributed by atoms with Gasteiger partial charge in [-0.05, 0) is 44.1 Å². The molecule has 6 atom stereocenters. The van der Waals surface area contributed by atoms with Crippen LogP contribution in [-0.4, -0.2) is 61.5 Å². The van der Waals surface area contributed by atoms with E-state index < -0.39 is 23.8 Å². The SMILES string of the molecule is CON1C(=O)C(NC(=O)O[C@@H]2CC3=CN=CCC45CC(C)CC[C@H]4OC(=C35)C2)(OC)CC1C. The first-order chi connectivity index (χ1) is 15.8. The molecule has 0 aromatic carbocycles. The van der Waals surface area contributed by atoms with Gasteiger partial charge < -0.3 is 14.2 Å². The zero-order chi connectivity index (χ0) is 23.4. The highest BCUT2D eigenvalue weighted by Crippen LogP contribution is 2.59. The lowest BCUT2D eigenvalue weighted by Gasteiger charge is -2.42. The molecule has 2 aliphatic carbocycles. The van der Waals surface area contributed by atoms with E-state index >= 15 is 0 Å². The van der Waals surface area contributed by atoms with Gasteiger partial charge in [0.1, 0.15) is 18.0 Å². The van der Waals surface area contributed by atoms with Crippen molar-refractivity contribution in [2.24, 2.45) is 16.3 Å². The van der Waals surface area contributed by atoms with Crippen molar-refractivity contribution in [3.8, 4) is 0 Å². The van der Waals surface area contributed by atoms with Crippen LogP contribution in [-0.2, 0) is 23.8 Å². The molecule has 33 heavy (non-hydrogen) atoms. The molecule has 5 aliphatic rings. The monoisotopic (exact) mass is 459 g/mol. The number of amides is 2. The summed E-state index contributed by atoms with van der Waals surface area (Å²) in [4.78, 5) is 35.3. The number of hydrogen-bond donors (Lipinski definition) is 1. The summed E-state index contributed by atoms with van der Waals surface area (Å²) in [6, 6.07) is -0.243. The first-order valence-electron chi connectivity index (χ1n) is 11.8. The summed E-state index contributed by atoms with van der Waals surface area (Å²) in [5.74, 6) is 1.13. The predicted octanol–water partition coefficient (Wildman–Crippen LogP) is 3.22. The molecule has 1 spiro atoms. The number of carbonyl (C=O) groups is 2. The largest absolute Gasteiger partial charge is 0.493 e. The second-order valence-electron chi connectivity index (χ2n) is 10.1. The van der Waals surface area contributed by atoms with Crippen LogP contribution in [0.5, 0.6) is 0 Å². The fourth-order valence-electron chi connectivity index (χ4n) is 6.56. The van der Waals surface area contributed by atoms with E-state index in [-0.39, 0.29) is 24.0 Å². The molecule has 1 saturated carbocycles. The van der Waals surface area contributed by atoms with Gasteiger partial charge >= 0.3 is 6.09 Å².